The maximum Gasteiger partial charge on any atom is 0.0562 e. The number of nitrogens with zero attached hydrogens (tertiary/aromatic N) is 1. The number of aliphatic imine (C=N–C) groups is 1. The molecular formula is C16H27N. The van der Waals surface area contributed by atoms with Gasteiger partial charge < -0.3 is 0 Å². The Morgan fingerprint density at radius 3 is 2.65 bits per heavy atom. The molecule has 1 nitrogen and oxygen atoms in total. The first-order valence-corrected chi connectivity index (χ1v) is 7.12. The predicted octanol–water partition coefficient (Wildman–Crippen LogP) is 4.63. The van der Waals surface area contributed by atoms with Gasteiger partial charge in [0.05, 0.1) is 6.04 Å². The van der Waals surface area contributed by atoms with Crippen molar-refractivity contribution in [3.8, 4) is 0 Å². The van der Waals surface area contributed by atoms with Crippen LogP contribution in [0.15, 0.2) is 17.1 Å². The molecule has 0 N–H and O–H groups in total. The van der Waals surface area contributed by atoms with Crippen LogP contribution in [0.4, 0.5) is 0 Å². The molecule has 3 unspecified atom stereocenters. The fourth-order valence-corrected chi connectivity index (χ4v) is 3.24. The summed E-state index contributed by atoms with van der Waals surface area (Å²) in [5.41, 5.74) is 0.892. The molecular weight excluding hydrogens is 206 g/mol. The fourth-order valence-electron chi connectivity index (χ4n) is 3.24. The molecule has 0 aromatic rings. The summed E-state index contributed by atoms with van der Waals surface area (Å²) in [4.78, 5) is 4.69. The van der Waals surface area contributed by atoms with E-state index in [0.29, 0.717) is 22.8 Å². The number of rotatable bonds is 0. The highest BCUT2D eigenvalue weighted by Crippen LogP contribution is 2.48. The molecule has 2 aliphatic rings. The van der Waals surface area contributed by atoms with Crippen LogP contribution in [0.1, 0.15) is 59.8 Å². The van der Waals surface area contributed by atoms with Crippen molar-refractivity contribution in [1.82, 2.24) is 0 Å². The molecule has 0 bridgehead atoms. The minimum absolute atomic E-state index is 0.411. The molecule has 0 amide bonds. The second kappa shape index (κ2) is 4.59. The van der Waals surface area contributed by atoms with Gasteiger partial charge in [0.15, 0.2) is 0 Å². The molecule has 0 aromatic carbocycles. The van der Waals surface area contributed by atoms with Crippen molar-refractivity contribution in [3.63, 3.8) is 0 Å². The molecule has 0 aromatic heterocycles. The van der Waals surface area contributed by atoms with Gasteiger partial charge in [-0.2, -0.15) is 0 Å². The lowest BCUT2D eigenvalue weighted by Crippen LogP contribution is -2.36. The highest BCUT2D eigenvalue weighted by atomic mass is 14.8. The molecule has 0 saturated heterocycles. The number of hydrogen-bond acceptors (Lipinski definition) is 1. The molecule has 1 fully saturated rings. The van der Waals surface area contributed by atoms with E-state index in [1.54, 1.807) is 0 Å². The van der Waals surface area contributed by atoms with E-state index in [9.17, 15) is 0 Å². The minimum Gasteiger partial charge on any atom is -0.289 e. The smallest absolute Gasteiger partial charge is 0.0562 e. The highest BCUT2D eigenvalue weighted by Gasteiger charge is 2.39. The number of allylic oxidation sites excluding steroid dienone is 1. The first-order chi connectivity index (χ1) is 7.92. The first-order valence-electron chi connectivity index (χ1n) is 7.12. The normalized spacial score (nSPS) is 38.4. The molecule has 17 heavy (non-hydrogen) atoms. The number of hydrogen-bond donors (Lipinski definition) is 0. The zero-order valence-electron chi connectivity index (χ0n) is 11.9. The van der Waals surface area contributed by atoms with Gasteiger partial charge in [0.25, 0.3) is 0 Å². The van der Waals surface area contributed by atoms with Crippen molar-refractivity contribution in [1.29, 1.82) is 0 Å². The van der Waals surface area contributed by atoms with Crippen LogP contribution in [0.5, 0.6) is 0 Å². The summed E-state index contributed by atoms with van der Waals surface area (Å²) >= 11 is 0. The van der Waals surface area contributed by atoms with Crippen molar-refractivity contribution in [2.45, 2.75) is 65.8 Å². The molecule has 3 atom stereocenters. The van der Waals surface area contributed by atoms with Gasteiger partial charge in [-0.3, -0.25) is 4.99 Å². The molecule has 96 valence electrons. The zero-order chi connectivity index (χ0) is 12.5. The standard InChI is InChI=1S/C16H27N/c1-15(2,3)16(4)10-5-7-13-8-6-12-17-14(13)9-11-16/h6,8,12-14H,5,7,9-11H2,1-4H3. The maximum absolute atomic E-state index is 4.69. The Kier molecular flexibility index (Phi) is 3.47. The SMILES string of the molecule is CC(C)(C)C1(C)CCCC2C=CC=NC2CC1. The van der Waals surface area contributed by atoms with E-state index in [0.717, 1.165) is 0 Å². The molecule has 1 aliphatic carbocycles. The van der Waals surface area contributed by atoms with Gasteiger partial charge in [0.1, 0.15) is 0 Å². The van der Waals surface area contributed by atoms with Crippen molar-refractivity contribution < 1.29 is 0 Å². The Morgan fingerprint density at radius 2 is 1.94 bits per heavy atom. The third-order valence-electron chi connectivity index (χ3n) is 5.28. The average Bonchev–Trinajstić information content (AvgIpc) is 2.23. The topological polar surface area (TPSA) is 12.4 Å². The molecule has 0 spiro atoms. The Morgan fingerprint density at radius 1 is 1.18 bits per heavy atom. The van der Waals surface area contributed by atoms with Gasteiger partial charge in [-0.1, -0.05) is 40.2 Å². The second-order valence-corrected chi connectivity index (χ2v) is 7.16. The van der Waals surface area contributed by atoms with Crippen LogP contribution in [-0.2, 0) is 0 Å². The van der Waals surface area contributed by atoms with Gasteiger partial charge in [-0.05, 0) is 48.5 Å². The summed E-state index contributed by atoms with van der Waals surface area (Å²) in [6, 6.07) is 0.557. The lowest BCUT2D eigenvalue weighted by Gasteiger charge is -2.45. The third kappa shape index (κ3) is 2.64. The van der Waals surface area contributed by atoms with Crippen LogP contribution in [0.3, 0.4) is 0 Å². The first kappa shape index (κ1) is 12.9. The van der Waals surface area contributed by atoms with Gasteiger partial charge in [0, 0.05) is 6.21 Å². The van der Waals surface area contributed by atoms with E-state index in [1.165, 1.54) is 32.1 Å². The zero-order valence-corrected chi connectivity index (χ0v) is 11.9. The lowest BCUT2D eigenvalue weighted by molar-refractivity contribution is 0.0655. The van der Waals surface area contributed by atoms with Crippen LogP contribution < -0.4 is 0 Å². The van der Waals surface area contributed by atoms with E-state index < -0.39 is 0 Å². The summed E-state index contributed by atoms with van der Waals surface area (Å²) in [6.45, 7) is 9.68. The van der Waals surface area contributed by atoms with Crippen molar-refractivity contribution in [2.75, 3.05) is 0 Å². The Balaban J connectivity index is 2.09. The van der Waals surface area contributed by atoms with Crippen LogP contribution in [0.25, 0.3) is 0 Å². The highest BCUT2D eigenvalue weighted by molar-refractivity contribution is 5.72. The Bertz CT molecular complexity index is 321. The molecule has 2 rings (SSSR count). The molecule has 1 heteroatoms. The molecule has 0 radical (unpaired) electrons. The van der Waals surface area contributed by atoms with Crippen LogP contribution >= 0.6 is 0 Å². The maximum atomic E-state index is 4.69. The quantitative estimate of drug-likeness (QED) is 0.578. The van der Waals surface area contributed by atoms with E-state index in [2.05, 4.69) is 44.8 Å². The van der Waals surface area contributed by atoms with Crippen LogP contribution in [0, 0.1) is 16.7 Å². The summed E-state index contributed by atoms with van der Waals surface area (Å²) in [5.74, 6) is 0.713. The number of dihydropyridines is 1. The lowest BCUT2D eigenvalue weighted by atomic mass is 9.61. The van der Waals surface area contributed by atoms with Crippen LogP contribution in [0.2, 0.25) is 0 Å². The largest absolute Gasteiger partial charge is 0.289 e. The Hall–Kier alpha value is -0.590. The summed E-state index contributed by atoms with van der Waals surface area (Å²) in [5, 5.41) is 0. The van der Waals surface area contributed by atoms with Gasteiger partial charge in [-0.15, -0.1) is 0 Å². The van der Waals surface area contributed by atoms with E-state index in [1.807, 2.05) is 6.21 Å². The van der Waals surface area contributed by atoms with E-state index in [-0.39, 0.29) is 0 Å². The van der Waals surface area contributed by atoms with Gasteiger partial charge >= 0.3 is 0 Å². The van der Waals surface area contributed by atoms with E-state index >= 15 is 0 Å². The molecule has 1 aliphatic heterocycles. The molecule has 1 saturated carbocycles. The van der Waals surface area contributed by atoms with Gasteiger partial charge in [0.2, 0.25) is 0 Å². The summed E-state index contributed by atoms with van der Waals surface area (Å²) in [7, 11) is 0. The molecule has 1 heterocycles. The minimum atomic E-state index is 0.411. The predicted molar refractivity (Wildman–Crippen MR) is 75.6 cm³/mol. The fraction of sp³-hybridized carbons (Fsp3) is 0.812. The number of fused-ring (bicyclic) bond motifs is 1. The second-order valence-electron chi connectivity index (χ2n) is 7.16. The van der Waals surface area contributed by atoms with Crippen molar-refractivity contribution in [2.24, 2.45) is 21.7 Å². The van der Waals surface area contributed by atoms with Crippen LogP contribution in [-0.4, -0.2) is 12.3 Å². The Labute approximate surface area is 106 Å². The van der Waals surface area contributed by atoms with Gasteiger partial charge in [-0.25, -0.2) is 0 Å². The third-order valence-corrected chi connectivity index (χ3v) is 5.28. The van der Waals surface area contributed by atoms with Crippen molar-refractivity contribution in [3.05, 3.63) is 12.2 Å². The summed E-state index contributed by atoms with van der Waals surface area (Å²) < 4.78 is 0. The van der Waals surface area contributed by atoms with Crippen molar-refractivity contribution >= 4 is 6.21 Å². The monoisotopic (exact) mass is 233 g/mol. The summed E-state index contributed by atoms with van der Waals surface area (Å²) in [6.07, 6.45) is 13.1. The van der Waals surface area contributed by atoms with E-state index in [4.69, 9.17) is 0 Å². The average molecular weight is 233 g/mol.